The summed E-state index contributed by atoms with van der Waals surface area (Å²) in [6, 6.07) is 0. The molecule has 3 heteroatoms. The first-order valence-electron chi connectivity index (χ1n) is 5.22. The van der Waals surface area contributed by atoms with Gasteiger partial charge in [-0.2, -0.15) is 0 Å². The molecule has 0 aromatic rings. The largest absolute Gasteiger partial charge is 0.464 e. The van der Waals surface area contributed by atoms with E-state index in [9.17, 15) is 4.79 Å². The van der Waals surface area contributed by atoms with Crippen LogP contribution < -0.4 is 5.32 Å². The van der Waals surface area contributed by atoms with Gasteiger partial charge in [0.05, 0.1) is 0 Å². The van der Waals surface area contributed by atoms with Gasteiger partial charge in [0.25, 0.3) is 0 Å². The van der Waals surface area contributed by atoms with E-state index in [-0.39, 0.29) is 11.5 Å². The number of carbonyl (C=O) groups is 1. The summed E-state index contributed by atoms with van der Waals surface area (Å²) < 4.78 is 4.96. The second kappa shape index (κ2) is 6.02. The van der Waals surface area contributed by atoms with Crippen molar-refractivity contribution in [1.29, 1.82) is 0 Å². The molecule has 0 aliphatic heterocycles. The minimum atomic E-state index is -0.219. The van der Waals surface area contributed by atoms with Crippen LogP contribution >= 0.6 is 0 Å². The molecule has 0 aliphatic carbocycles. The molecule has 0 radical (unpaired) electrons. The summed E-state index contributed by atoms with van der Waals surface area (Å²) in [5, 5.41) is 3.37. The lowest BCUT2D eigenvalue weighted by Gasteiger charge is -2.26. The first-order chi connectivity index (χ1) is 6.33. The third kappa shape index (κ3) is 8.05. The fourth-order valence-corrected chi connectivity index (χ4v) is 1.03. The second-order valence-electron chi connectivity index (χ2n) is 4.77. The van der Waals surface area contributed by atoms with Gasteiger partial charge in [-0.25, -0.2) is 0 Å². The lowest BCUT2D eigenvalue weighted by Crippen LogP contribution is -2.44. The minimum absolute atomic E-state index is 0.124. The molecule has 0 atom stereocenters. The molecule has 0 saturated carbocycles. The molecule has 0 saturated heterocycles. The van der Waals surface area contributed by atoms with Gasteiger partial charge in [-0.1, -0.05) is 13.8 Å². The number of ether oxygens (including phenoxy) is 1. The van der Waals surface area contributed by atoms with Crippen LogP contribution in [0.4, 0.5) is 0 Å². The highest BCUT2D eigenvalue weighted by Gasteiger charge is 2.18. The van der Waals surface area contributed by atoms with Gasteiger partial charge in [-0.05, 0) is 32.7 Å². The zero-order chi connectivity index (χ0) is 11.2. The van der Waals surface area contributed by atoms with E-state index < -0.39 is 0 Å². The van der Waals surface area contributed by atoms with Crippen LogP contribution in [0.15, 0.2) is 0 Å². The number of rotatable bonds is 6. The maximum Gasteiger partial charge on any atom is 0.302 e. The van der Waals surface area contributed by atoms with Gasteiger partial charge >= 0.3 is 5.97 Å². The van der Waals surface area contributed by atoms with E-state index in [1.807, 2.05) is 13.8 Å². The highest BCUT2D eigenvalue weighted by molar-refractivity contribution is 5.65. The Balaban J connectivity index is 3.66. The highest BCUT2D eigenvalue weighted by atomic mass is 16.5. The summed E-state index contributed by atoms with van der Waals surface area (Å²) in [5.41, 5.74) is -0.124. The Kier molecular flexibility index (Phi) is 5.77. The molecule has 3 nitrogen and oxygen atoms in total. The molecule has 0 heterocycles. The Bertz CT molecular complexity index is 176. The van der Waals surface area contributed by atoms with Crippen LogP contribution in [0.1, 0.15) is 41.0 Å². The number of hydrogen-bond acceptors (Lipinski definition) is 3. The topological polar surface area (TPSA) is 38.3 Å². The van der Waals surface area contributed by atoms with Crippen molar-refractivity contribution in [3.63, 3.8) is 0 Å². The maximum atomic E-state index is 10.6. The van der Waals surface area contributed by atoms with E-state index in [1.165, 1.54) is 6.92 Å². The zero-order valence-corrected chi connectivity index (χ0v) is 10.0. The minimum Gasteiger partial charge on any atom is -0.464 e. The average molecular weight is 201 g/mol. The summed E-state index contributed by atoms with van der Waals surface area (Å²) in [5.74, 6) is 0.482. The fraction of sp³-hybridized carbons (Fsp3) is 0.909. The number of hydrogen-bond donors (Lipinski definition) is 1. The molecule has 0 fully saturated rings. The van der Waals surface area contributed by atoms with Crippen LogP contribution in [-0.4, -0.2) is 24.7 Å². The van der Waals surface area contributed by atoms with Gasteiger partial charge < -0.3 is 10.1 Å². The van der Waals surface area contributed by atoms with Crippen LogP contribution in [0.3, 0.4) is 0 Å². The van der Waals surface area contributed by atoms with Crippen molar-refractivity contribution < 1.29 is 9.53 Å². The van der Waals surface area contributed by atoms with E-state index in [1.54, 1.807) is 0 Å². The summed E-state index contributed by atoms with van der Waals surface area (Å²) in [6.45, 7) is 11.3. The smallest absolute Gasteiger partial charge is 0.302 e. The van der Waals surface area contributed by atoms with Crippen molar-refractivity contribution in [1.82, 2.24) is 5.32 Å². The summed E-state index contributed by atoms with van der Waals surface area (Å²) >= 11 is 0. The van der Waals surface area contributed by atoms with Crippen molar-refractivity contribution in [2.45, 2.75) is 46.6 Å². The number of carbonyl (C=O) groups excluding carboxylic acids is 1. The molecule has 0 aliphatic rings. The molecule has 0 aromatic carbocycles. The predicted molar refractivity (Wildman–Crippen MR) is 58.2 cm³/mol. The van der Waals surface area contributed by atoms with Gasteiger partial charge in [-0.15, -0.1) is 0 Å². The van der Waals surface area contributed by atoms with E-state index in [0.29, 0.717) is 12.5 Å². The molecular weight excluding hydrogens is 178 g/mol. The Morgan fingerprint density at radius 3 is 2.43 bits per heavy atom. The van der Waals surface area contributed by atoms with Gasteiger partial charge in [-0.3, -0.25) is 4.79 Å². The van der Waals surface area contributed by atoms with Gasteiger partial charge in [0.2, 0.25) is 0 Å². The van der Waals surface area contributed by atoms with Crippen molar-refractivity contribution >= 4 is 5.97 Å². The molecule has 0 spiro atoms. The molecule has 0 bridgehead atoms. The van der Waals surface area contributed by atoms with Crippen LogP contribution in [0.2, 0.25) is 0 Å². The Morgan fingerprint density at radius 1 is 1.43 bits per heavy atom. The molecule has 14 heavy (non-hydrogen) atoms. The standard InChI is InChI=1S/C11H23NO2/c1-9(2)6-7-12-11(4,5)8-14-10(3)13/h9,12H,6-8H2,1-5H3. The van der Waals surface area contributed by atoms with Crippen LogP contribution in [-0.2, 0) is 9.53 Å². The lowest BCUT2D eigenvalue weighted by atomic mass is 10.1. The predicted octanol–water partition coefficient (Wildman–Crippen LogP) is 1.96. The normalized spacial score (nSPS) is 11.9. The van der Waals surface area contributed by atoms with Crippen molar-refractivity contribution in [3.8, 4) is 0 Å². The quantitative estimate of drug-likeness (QED) is 0.668. The first kappa shape index (κ1) is 13.4. The van der Waals surface area contributed by atoms with E-state index >= 15 is 0 Å². The monoisotopic (exact) mass is 201 g/mol. The molecule has 0 rings (SSSR count). The second-order valence-corrected chi connectivity index (χ2v) is 4.77. The molecule has 1 N–H and O–H groups in total. The molecular formula is C11H23NO2. The first-order valence-corrected chi connectivity index (χ1v) is 5.22. The molecule has 0 amide bonds. The molecule has 84 valence electrons. The van der Waals surface area contributed by atoms with Crippen molar-refractivity contribution in [2.24, 2.45) is 5.92 Å². The van der Waals surface area contributed by atoms with E-state index in [2.05, 4.69) is 19.2 Å². The fourth-order valence-electron chi connectivity index (χ4n) is 1.03. The molecule has 0 aromatic heterocycles. The van der Waals surface area contributed by atoms with Gasteiger partial charge in [0.1, 0.15) is 6.61 Å². The van der Waals surface area contributed by atoms with Crippen molar-refractivity contribution in [3.05, 3.63) is 0 Å². The Labute approximate surface area is 87.2 Å². The third-order valence-electron chi connectivity index (χ3n) is 1.96. The lowest BCUT2D eigenvalue weighted by molar-refractivity contribution is -0.142. The SMILES string of the molecule is CC(=O)OCC(C)(C)NCCC(C)C. The zero-order valence-electron chi connectivity index (χ0n) is 10.0. The highest BCUT2D eigenvalue weighted by Crippen LogP contribution is 2.05. The van der Waals surface area contributed by atoms with Gasteiger partial charge in [0, 0.05) is 12.5 Å². The number of nitrogens with one attached hydrogen (secondary N) is 1. The van der Waals surface area contributed by atoms with Crippen molar-refractivity contribution in [2.75, 3.05) is 13.2 Å². The Hall–Kier alpha value is -0.570. The van der Waals surface area contributed by atoms with Gasteiger partial charge in [0.15, 0.2) is 0 Å². The van der Waals surface area contributed by atoms with E-state index in [4.69, 9.17) is 4.74 Å². The average Bonchev–Trinajstić information content (AvgIpc) is 2.00. The van der Waals surface area contributed by atoms with Crippen LogP contribution in [0, 0.1) is 5.92 Å². The summed E-state index contributed by atoms with van der Waals surface area (Å²) in [4.78, 5) is 10.6. The number of esters is 1. The van der Waals surface area contributed by atoms with Crippen LogP contribution in [0.25, 0.3) is 0 Å². The summed E-state index contributed by atoms with van der Waals surface area (Å²) in [7, 11) is 0. The third-order valence-corrected chi connectivity index (χ3v) is 1.96. The molecule has 0 unspecified atom stereocenters. The Morgan fingerprint density at radius 2 is 2.00 bits per heavy atom. The maximum absolute atomic E-state index is 10.6. The van der Waals surface area contributed by atoms with E-state index in [0.717, 1.165) is 13.0 Å². The summed E-state index contributed by atoms with van der Waals surface area (Å²) in [6.07, 6.45) is 1.14. The van der Waals surface area contributed by atoms with Crippen LogP contribution in [0.5, 0.6) is 0 Å².